The first-order valence-corrected chi connectivity index (χ1v) is 7.80. The van der Waals surface area contributed by atoms with Crippen LogP contribution in [0.1, 0.15) is 36.0 Å². The van der Waals surface area contributed by atoms with Gasteiger partial charge in [0.05, 0.1) is 10.6 Å². The van der Waals surface area contributed by atoms with Crippen LogP contribution in [0.25, 0.3) is 0 Å². The molecule has 0 aromatic carbocycles. The van der Waals surface area contributed by atoms with Crippen LogP contribution in [0.2, 0.25) is 10.2 Å². The molecule has 2 N–H and O–H groups in total. The molecule has 0 bridgehead atoms. The molecule has 1 aliphatic rings. The lowest BCUT2D eigenvalue weighted by Gasteiger charge is -2.12. The first kappa shape index (κ1) is 17.5. The standard InChI is InChI=1S/C14H15Cl2N3O4/c15-10-5-8(6-17-12(10)16)13(21)23-7-11(20)19-14(22)18-9-3-1-2-4-9/h5-6,9H,1-4,7H2,(H2,18,19,20,22). The lowest BCUT2D eigenvalue weighted by Crippen LogP contribution is -2.45. The average molecular weight is 360 g/mol. The van der Waals surface area contributed by atoms with E-state index in [0.717, 1.165) is 25.7 Å². The fraction of sp³-hybridized carbons (Fsp3) is 0.429. The molecule has 9 heteroatoms. The predicted octanol–water partition coefficient (Wildman–Crippen LogP) is 2.31. The summed E-state index contributed by atoms with van der Waals surface area (Å²) in [6.07, 6.45) is 5.12. The normalized spacial score (nSPS) is 14.3. The van der Waals surface area contributed by atoms with E-state index in [0.29, 0.717) is 0 Å². The van der Waals surface area contributed by atoms with Crippen molar-refractivity contribution in [2.75, 3.05) is 6.61 Å². The van der Waals surface area contributed by atoms with Gasteiger partial charge in [-0.3, -0.25) is 10.1 Å². The molecule has 2 rings (SSSR count). The number of aromatic nitrogens is 1. The van der Waals surface area contributed by atoms with Gasteiger partial charge in [0.1, 0.15) is 5.15 Å². The highest BCUT2D eigenvalue weighted by atomic mass is 35.5. The summed E-state index contributed by atoms with van der Waals surface area (Å²) in [4.78, 5) is 38.6. The minimum absolute atomic E-state index is 0.0580. The highest BCUT2D eigenvalue weighted by molar-refractivity contribution is 6.41. The Kier molecular flexibility index (Phi) is 6.18. The van der Waals surface area contributed by atoms with Crippen LogP contribution in [0.5, 0.6) is 0 Å². The number of nitrogens with zero attached hydrogens (tertiary/aromatic N) is 1. The van der Waals surface area contributed by atoms with Crippen molar-refractivity contribution in [3.05, 3.63) is 28.0 Å². The maximum atomic E-state index is 11.7. The molecule has 3 amide bonds. The summed E-state index contributed by atoms with van der Waals surface area (Å²) < 4.78 is 4.78. The minimum Gasteiger partial charge on any atom is -0.452 e. The summed E-state index contributed by atoms with van der Waals surface area (Å²) in [6.45, 7) is -0.586. The summed E-state index contributed by atoms with van der Waals surface area (Å²) in [5.74, 6) is -1.51. The van der Waals surface area contributed by atoms with E-state index in [-0.39, 0.29) is 21.8 Å². The number of carbonyl (C=O) groups excluding carboxylic acids is 3. The highest BCUT2D eigenvalue weighted by Gasteiger charge is 2.19. The molecule has 0 spiro atoms. The molecule has 1 fully saturated rings. The van der Waals surface area contributed by atoms with Crippen molar-refractivity contribution in [2.45, 2.75) is 31.7 Å². The van der Waals surface area contributed by atoms with Gasteiger partial charge in [-0.15, -0.1) is 0 Å². The monoisotopic (exact) mass is 359 g/mol. The second-order valence-corrected chi connectivity index (χ2v) is 5.84. The average Bonchev–Trinajstić information content (AvgIpc) is 3.00. The number of nitrogens with one attached hydrogen (secondary N) is 2. The first-order chi connectivity index (χ1) is 11.0. The summed E-state index contributed by atoms with van der Waals surface area (Å²) in [5.41, 5.74) is 0.0580. The maximum absolute atomic E-state index is 11.7. The van der Waals surface area contributed by atoms with Gasteiger partial charge in [-0.25, -0.2) is 14.6 Å². The van der Waals surface area contributed by atoms with Crippen LogP contribution >= 0.6 is 23.2 Å². The third-order valence-corrected chi connectivity index (χ3v) is 4.00. The zero-order valence-corrected chi connectivity index (χ0v) is 13.6. The lowest BCUT2D eigenvalue weighted by molar-refractivity contribution is -0.123. The second-order valence-electron chi connectivity index (χ2n) is 5.08. The van der Waals surface area contributed by atoms with E-state index in [2.05, 4.69) is 15.6 Å². The molecule has 7 nitrogen and oxygen atoms in total. The van der Waals surface area contributed by atoms with Gasteiger partial charge in [-0.05, 0) is 18.9 Å². The van der Waals surface area contributed by atoms with Gasteiger partial charge < -0.3 is 10.1 Å². The predicted molar refractivity (Wildman–Crippen MR) is 83.5 cm³/mol. The molecule has 1 saturated carbocycles. The number of pyridine rings is 1. The van der Waals surface area contributed by atoms with Crippen molar-refractivity contribution in [1.29, 1.82) is 0 Å². The van der Waals surface area contributed by atoms with Gasteiger partial charge in [0.15, 0.2) is 6.61 Å². The van der Waals surface area contributed by atoms with Gasteiger partial charge >= 0.3 is 12.0 Å². The first-order valence-electron chi connectivity index (χ1n) is 7.04. The molecule has 1 aromatic rings. The van der Waals surface area contributed by atoms with Crippen LogP contribution in [0.3, 0.4) is 0 Å². The van der Waals surface area contributed by atoms with Crippen molar-refractivity contribution >= 4 is 41.1 Å². The molecule has 1 aliphatic carbocycles. The highest BCUT2D eigenvalue weighted by Crippen LogP contribution is 2.20. The fourth-order valence-corrected chi connectivity index (χ4v) is 2.47. The number of carbonyl (C=O) groups is 3. The number of amides is 3. The van der Waals surface area contributed by atoms with E-state index in [4.69, 9.17) is 27.9 Å². The van der Waals surface area contributed by atoms with Crippen LogP contribution in [0.4, 0.5) is 4.79 Å². The smallest absolute Gasteiger partial charge is 0.340 e. The number of esters is 1. The van der Waals surface area contributed by atoms with Crippen molar-refractivity contribution < 1.29 is 19.1 Å². The Hall–Kier alpha value is -1.86. The van der Waals surface area contributed by atoms with E-state index >= 15 is 0 Å². The van der Waals surface area contributed by atoms with E-state index in [9.17, 15) is 14.4 Å². The van der Waals surface area contributed by atoms with Gasteiger partial charge in [-0.1, -0.05) is 36.0 Å². The molecule has 124 valence electrons. The molecule has 0 radical (unpaired) electrons. The summed E-state index contributed by atoms with van der Waals surface area (Å²) in [6, 6.07) is 0.783. The lowest BCUT2D eigenvalue weighted by atomic mass is 10.2. The molecule has 0 atom stereocenters. The second kappa shape index (κ2) is 8.12. The molecule has 0 unspecified atom stereocenters. The Morgan fingerprint density at radius 1 is 1.26 bits per heavy atom. The molecule has 0 aliphatic heterocycles. The van der Waals surface area contributed by atoms with Crippen LogP contribution in [0, 0.1) is 0 Å². The van der Waals surface area contributed by atoms with E-state index < -0.39 is 24.5 Å². The van der Waals surface area contributed by atoms with Crippen LogP contribution in [0.15, 0.2) is 12.3 Å². The van der Waals surface area contributed by atoms with E-state index in [1.165, 1.54) is 12.3 Å². The third-order valence-electron chi connectivity index (χ3n) is 3.31. The largest absolute Gasteiger partial charge is 0.452 e. The SMILES string of the molecule is O=C(COC(=O)c1cnc(Cl)c(Cl)c1)NC(=O)NC1CCCC1. The molecular formula is C14H15Cl2N3O4. The summed E-state index contributed by atoms with van der Waals surface area (Å²) in [7, 11) is 0. The Labute approximate surface area is 142 Å². The molecule has 1 aromatic heterocycles. The van der Waals surface area contributed by atoms with Crippen molar-refractivity contribution in [1.82, 2.24) is 15.6 Å². The Morgan fingerprint density at radius 2 is 1.96 bits per heavy atom. The van der Waals surface area contributed by atoms with Gasteiger partial charge in [0, 0.05) is 12.2 Å². The number of ether oxygens (including phenoxy) is 1. The van der Waals surface area contributed by atoms with E-state index in [1.807, 2.05) is 0 Å². The van der Waals surface area contributed by atoms with Crippen molar-refractivity contribution in [2.24, 2.45) is 0 Å². The maximum Gasteiger partial charge on any atom is 0.340 e. The molecule has 0 saturated heterocycles. The number of urea groups is 1. The number of hydrogen-bond donors (Lipinski definition) is 2. The van der Waals surface area contributed by atoms with E-state index in [1.54, 1.807) is 0 Å². The number of hydrogen-bond acceptors (Lipinski definition) is 5. The molecular weight excluding hydrogens is 345 g/mol. The third kappa shape index (κ3) is 5.37. The van der Waals surface area contributed by atoms with Crippen LogP contribution < -0.4 is 10.6 Å². The molecule has 1 heterocycles. The molecule has 23 heavy (non-hydrogen) atoms. The fourth-order valence-electron chi connectivity index (χ4n) is 2.20. The Bertz CT molecular complexity index is 618. The Morgan fingerprint density at radius 3 is 2.61 bits per heavy atom. The summed E-state index contributed by atoms with van der Waals surface area (Å²) in [5, 5.41) is 4.95. The van der Waals surface area contributed by atoms with Crippen LogP contribution in [-0.4, -0.2) is 35.5 Å². The zero-order valence-electron chi connectivity index (χ0n) is 12.1. The zero-order chi connectivity index (χ0) is 16.8. The van der Waals surface area contributed by atoms with Gasteiger partial charge in [0.2, 0.25) is 0 Å². The van der Waals surface area contributed by atoms with Crippen LogP contribution in [-0.2, 0) is 9.53 Å². The number of rotatable bonds is 4. The van der Waals surface area contributed by atoms with Crippen molar-refractivity contribution in [3.63, 3.8) is 0 Å². The summed E-state index contributed by atoms with van der Waals surface area (Å²) >= 11 is 11.4. The quantitative estimate of drug-likeness (QED) is 0.634. The van der Waals surface area contributed by atoms with Gasteiger partial charge in [-0.2, -0.15) is 0 Å². The van der Waals surface area contributed by atoms with Crippen molar-refractivity contribution in [3.8, 4) is 0 Å². The Balaban J connectivity index is 1.75. The number of imide groups is 1. The number of halogens is 2. The topological polar surface area (TPSA) is 97.4 Å². The van der Waals surface area contributed by atoms with Gasteiger partial charge in [0.25, 0.3) is 5.91 Å². The minimum atomic E-state index is -0.789.